The molecule has 2 saturated carbocycles. The molecular formula is C27H33NO2. The summed E-state index contributed by atoms with van der Waals surface area (Å²) < 4.78 is 0. The van der Waals surface area contributed by atoms with E-state index < -0.39 is 0 Å². The van der Waals surface area contributed by atoms with Crippen LogP contribution in [-0.2, 0) is 9.59 Å². The maximum absolute atomic E-state index is 12.6. The van der Waals surface area contributed by atoms with E-state index in [9.17, 15) is 9.59 Å². The van der Waals surface area contributed by atoms with Gasteiger partial charge < -0.3 is 5.32 Å². The molecular weight excluding hydrogens is 370 g/mol. The molecule has 5 atom stereocenters. The third-order valence-corrected chi connectivity index (χ3v) is 8.82. The molecule has 1 aromatic carbocycles. The van der Waals surface area contributed by atoms with Gasteiger partial charge in [0.25, 0.3) is 0 Å². The van der Waals surface area contributed by atoms with Crippen molar-refractivity contribution in [1.29, 1.82) is 0 Å². The van der Waals surface area contributed by atoms with Gasteiger partial charge in [-0.1, -0.05) is 24.6 Å². The number of benzene rings is 1. The van der Waals surface area contributed by atoms with E-state index in [1.807, 2.05) is 13.1 Å². The Morgan fingerprint density at radius 1 is 1.07 bits per heavy atom. The van der Waals surface area contributed by atoms with Crippen molar-refractivity contribution in [3.63, 3.8) is 0 Å². The largest absolute Gasteiger partial charge is 0.388 e. The molecule has 0 saturated heterocycles. The fraction of sp³-hybridized carbons (Fsp3) is 0.556. The van der Waals surface area contributed by atoms with E-state index in [2.05, 4.69) is 36.5 Å². The van der Waals surface area contributed by atoms with Gasteiger partial charge in [-0.05, 0) is 97.6 Å². The molecule has 0 heterocycles. The minimum Gasteiger partial charge on any atom is -0.388 e. The van der Waals surface area contributed by atoms with E-state index >= 15 is 0 Å². The van der Waals surface area contributed by atoms with E-state index in [1.54, 1.807) is 12.5 Å². The van der Waals surface area contributed by atoms with Crippen LogP contribution in [0.1, 0.15) is 70.3 Å². The maximum atomic E-state index is 12.6. The van der Waals surface area contributed by atoms with E-state index in [0.29, 0.717) is 35.7 Å². The summed E-state index contributed by atoms with van der Waals surface area (Å²) in [6.07, 6.45) is 8.92. The van der Waals surface area contributed by atoms with Gasteiger partial charge in [0.05, 0.1) is 0 Å². The summed E-state index contributed by atoms with van der Waals surface area (Å²) in [4.78, 5) is 24.7. The first-order chi connectivity index (χ1) is 14.4. The number of Topliss-reactive ketones (excluding diaryl/α,β-unsaturated/α-hetero) is 1. The summed E-state index contributed by atoms with van der Waals surface area (Å²) >= 11 is 0. The van der Waals surface area contributed by atoms with Gasteiger partial charge >= 0.3 is 0 Å². The van der Waals surface area contributed by atoms with Crippen LogP contribution in [0, 0.1) is 23.2 Å². The van der Waals surface area contributed by atoms with Gasteiger partial charge in [-0.25, -0.2) is 0 Å². The number of allylic oxidation sites excluding steroid dienone is 4. The minimum absolute atomic E-state index is 0.0820. The van der Waals surface area contributed by atoms with Gasteiger partial charge in [0.15, 0.2) is 5.78 Å². The summed E-state index contributed by atoms with van der Waals surface area (Å²) in [6.45, 7) is 4.21. The quantitative estimate of drug-likeness (QED) is 0.690. The van der Waals surface area contributed by atoms with Crippen molar-refractivity contribution >= 4 is 17.3 Å². The van der Waals surface area contributed by atoms with Crippen LogP contribution in [0.15, 0.2) is 47.1 Å². The van der Waals surface area contributed by atoms with Crippen LogP contribution in [0.25, 0.3) is 0 Å². The fourth-order valence-electron chi connectivity index (χ4n) is 7.51. The van der Waals surface area contributed by atoms with Crippen molar-refractivity contribution < 1.29 is 9.59 Å². The monoisotopic (exact) mass is 403 g/mol. The standard InChI is InChI=1S/C27H33NO2/c1-16(29)24-12-13-25-22-10-6-18-14-20(30)9-11-21(18)26(22)23(15-27(24,25)2)17-4-7-19(28-3)8-5-17/h4-5,7-8,14,22-25,28H,6,9-13,15H2,1-3H3/t22-,23+,24+,25?,27+/m0/s1. The van der Waals surface area contributed by atoms with Crippen molar-refractivity contribution in [2.75, 3.05) is 12.4 Å². The van der Waals surface area contributed by atoms with Crippen molar-refractivity contribution in [3.8, 4) is 0 Å². The Hall–Kier alpha value is -2.16. The van der Waals surface area contributed by atoms with Crippen LogP contribution in [-0.4, -0.2) is 18.6 Å². The minimum atomic E-state index is 0.0820. The van der Waals surface area contributed by atoms with Crippen LogP contribution < -0.4 is 5.32 Å². The Labute approximate surface area is 180 Å². The molecule has 0 aromatic heterocycles. The predicted octanol–water partition coefficient (Wildman–Crippen LogP) is 5.83. The first-order valence-corrected chi connectivity index (χ1v) is 11.7. The number of hydrogen-bond donors (Lipinski definition) is 1. The number of rotatable bonds is 3. The summed E-state index contributed by atoms with van der Waals surface area (Å²) in [5.41, 5.74) is 6.99. The van der Waals surface area contributed by atoms with E-state index in [0.717, 1.165) is 37.8 Å². The van der Waals surface area contributed by atoms with E-state index in [4.69, 9.17) is 0 Å². The third-order valence-electron chi connectivity index (χ3n) is 8.82. The molecule has 0 bridgehead atoms. The zero-order valence-electron chi connectivity index (χ0n) is 18.5. The molecule has 3 heteroatoms. The Balaban J connectivity index is 1.66. The average Bonchev–Trinajstić information content (AvgIpc) is 3.10. The molecule has 30 heavy (non-hydrogen) atoms. The molecule has 2 fully saturated rings. The van der Waals surface area contributed by atoms with Crippen molar-refractivity contribution in [3.05, 3.63) is 52.6 Å². The van der Waals surface area contributed by atoms with Gasteiger partial charge in [0.1, 0.15) is 5.78 Å². The first-order valence-electron chi connectivity index (χ1n) is 11.7. The molecule has 1 N–H and O–H groups in total. The Morgan fingerprint density at radius 2 is 1.83 bits per heavy atom. The van der Waals surface area contributed by atoms with Crippen LogP contribution in [0.3, 0.4) is 0 Å². The van der Waals surface area contributed by atoms with Gasteiger partial charge in [-0.3, -0.25) is 9.59 Å². The highest BCUT2D eigenvalue weighted by molar-refractivity contribution is 5.93. The normalized spacial score (nSPS) is 35.3. The number of ketones is 2. The Morgan fingerprint density at radius 3 is 2.53 bits per heavy atom. The lowest BCUT2D eigenvalue weighted by atomic mass is 9.51. The number of carbonyl (C=O) groups excluding carboxylic acids is 2. The number of hydrogen-bond acceptors (Lipinski definition) is 3. The van der Waals surface area contributed by atoms with Gasteiger partial charge in [-0.15, -0.1) is 0 Å². The van der Waals surface area contributed by atoms with Crippen LogP contribution in [0.4, 0.5) is 5.69 Å². The molecule has 0 spiro atoms. The Bertz CT molecular complexity index is 954. The maximum Gasteiger partial charge on any atom is 0.156 e. The number of fused-ring (bicyclic) bond motifs is 4. The second kappa shape index (κ2) is 7.21. The van der Waals surface area contributed by atoms with Gasteiger partial charge in [-0.2, -0.15) is 0 Å². The SMILES string of the molecule is CNc1ccc([C@H]2C[C@@]3(C)C(CC[C@@H]3C(C)=O)[C@@H]3CCC4=CC(=O)CCC4=C32)cc1. The summed E-state index contributed by atoms with van der Waals surface area (Å²) in [5, 5.41) is 3.23. The van der Waals surface area contributed by atoms with E-state index in [1.165, 1.54) is 23.1 Å². The molecule has 0 aliphatic heterocycles. The van der Waals surface area contributed by atoms with Crippen molar-refractivity contribution in [1.82, 2.24) is 0 Å². The van der Waals surface area contributed by atoms with Crippen molar-refractivity contribution in [2.24, 2.45) is 23.2 Å². The second-order valence-corrected chi connectivity index (χ2v) is 10.2. The highest BCUT2D eigenvalue weighted by atomic mass is 16.1. The predicted molar refractivity (Wildman–Crippen MR) is 120 cm³/mol. The molecule has 0 radical (unpaired) electrons. The first kappa shape index (κ1) is 19.8. The van der Waals surface area contributed by atoms with Crippen LogP contribution in [0.5, 0.6) is 0 Å². The highest BCUT2D eigenvalue weighted by Gasteiger charge is 2.57. The number of nitrogens with one attached hydrogen (secondary N) is 1. The van der Waals surface area contributed by atoms with Crippen LogP contribution in [0.2, 0.25) is 0 Å². The lowest BCUT2D eigenvalue weighted by Crippen LogP contribution is -2.44. The molecule has 4 aliphatic rings. The van der Waals surface area contributed by atoms with Crippen molar-refractivity contribution in [2.45, 2.75) is 64.7 Å². The zero-order chi connectivity index (χ0) is 21.0. The summed E-state index contributed by atoms with van der Waals surface area (Å²) in [5.74, 6) is 2.37. The molecule has 4 aliphatic carbocycles. The number of carbonyl (C=O) groups is 2. The lowest BCUT2D eigenvalue weighted by Gasteiger charge is -2.52. The molecule has 1 aromatic rings. The molecule has 3 nitrogen and oxygen atoms in total. The second-order valence-electron chi connectivity index (χ2n) is 10.2. The van der Waals surface area contributed by atoms with Gasteiger partial charge in [0, 0.05) is 31.0 Å². The van der Waals surface area contributed by atoms with E-state index in [-0.39, 0.29) is 11.3 Å². The molecule has 158 valence electrons. The molecule has 5 rings (SSSR count). The van der Waals surface area contributed by atoms with Gasteiger partial charge in [0.2, 0.25) is 0 Å². The van der Waals surface area contributed by atoms with Crippen LogP contribution >= 0.6 is 0 Å². The molecule has 0 amide bonds. The topological polar surface area (TPSA) is 46.2 Å². The zero-order valence-corrected chi connectivity index (χ0v) is 18.5. The lowest BCUT2D eigenvalue weighted by molar-refractivity contribution is -0.125. The third kappa shape index (κ3) is 2.92. The Kier molecular flexibility index (Phi) is 4.76. The number of anilines is 1. The summed E-state index contributed by atoms with van der Waals surface area (Å²) in [6, 6.07) is 8.89. The summed E-state index contributed by atoms with van der Waals surface area (Å²) in [7, 11) is 1.95. The highest BCUT2D eigenvalue weighted by Crippen LogP contribution is 2.65. The smallest absolute Gasteiger partial charge is 0.156 e. The molecule has 1 unspecified atom stereocenters. The fourth-order valence-corrected chi connectivity index (χ4v) is 7.51. The average molecular weight is 404 g/mol.